The van der Waals surface area contributed by atoms with E-state index in [0.29, 0.717) is 24.9 Å². The summed E-state index contributed by atoms with van der Waals surface area (Å²) in [5.74, 6) is -0.143. The van der Waals surface area contributed by atoms with E-state index in [1.54, 1.807) is 30.9 Å². The number of aryl methyl sites for hydroxylation is 2. The third kappa shape index (κ3) is 5.20. The van der Waals surface area contributed by atoms with E-state index in [0.717, 1.165) is 23.2 Å². The largest absolute Gasteiger partial charge is 0.390 e. The molecule has 0 radical (unpaired) electrons. The minimum atomic E-state index is -0.700. The predicted octanol–water partition coefficient (Wildman–Crippen LogP) is 3.23. The van der Waals surface area contributed by atoms with Gasteiger partial charge in [-0.3, -0.25) is 9.59 Å². The maximum atomic E-state index is 12.6. The Bertz CT molecular complexity index is 853. The van der Waals surface area contributed by atoms with Crippen molar-refractivity contribution in [1.29, 1.82) is 0 Å². The number of rotatable bonds is 6. The predicted molar refractivity (Wildman–Crippen MR) is 110 cm³/mol. The quantitative estimate of drug-likeness (QED) is 0.808. The van der Waals surface area contributed by atoms with Gasteiger partial charge in [-0.1, -0.05) is 24.3 Å². The Labute approximate surface area is 166 Å². The van der Waals surface area contributed by atoms with Crippen molar-refractivity contribution >= 4 is 17.5 Å². The van der Waals surface area contributed by atoms with Crippen LogP contribution in [0.4, 0.5) is 5.69 Å². The molecule has 2 aromatic carbocycles. The van der Waals surface area contributed by atoms with Gasteiger partial charge in [0.15, 0.2) is 0 Å². The third-order valence-corrected chi connectivity index (χ3v) is 5.02. The molecule has 28 heavy (non-hydrogen) atoms. The zero-order valence-electron chi connectivity index (χ0n) is 16.7. The minimum Gasteiger partial charge on any atom is -0.390 e. The Morgan fingerprint density at radius 1 is 1.21 bits per heavy atom. The molecule has 0 aliphatic carbocycles. The van der Waals surface area contributed by atoms with Crippen LogP contribution in [0.1, 0.15) is 48.2 Å². The van der Waals surface area contributed by atoms with Crippen molar-refractivity contribution in [3.8, 4) is 0 Å². The highest BCUT2D eigenvalue weighted by atomic mass is 16.3. The maximum Gasteiger partial charge on any atom is 0.251 e. The average Bonchev–Trinajstić information content (AvgIpc) is 3.00. The fourth-order valence-corrected chi connectivity index (χ4v) is 3.39. The van der Waals surface area contributed by atoms with E-state index in [-0.39, 0.29) is 17.9 Å². The van der Waals surface area contributed by atoms with E-state index < -0.39 is 5.60 Å². The number of benzene rings is 2. The van der Waals surface area contributed by atoms with Crippen LogP contribution in [0.5, 0.6) is 0 Å². The number of nitrogens with one attached hydrogen (secondary N) is 1. The summed E-state index contributed by atoms with van der Waals surface area (Å²) in [6.45, 7) is 6.06. The van der Waals surface area contributed by atoms with Crippen molar-refractivity contribution in [1.82, 2.24) is 5.32 Å². The third-order valence-electron chi connectivity index (χ3n) is 5.02. The molecule has 3 rings (SSSR count). The minimum absolute atomic E-state index is 0.0258. The molecule has 148 valence electrons. The van der Waals surface area contributed by atoms with Gasteiger partial charge in [0.1, 0.15) is 0 Å². The summed E-state index contributed by atoms with van der Waals surface area (Å²) >= 11 is 0. The van der Waals surface area contributed by atoms with Crippen LogP contribution in [-0.4, -0.2) is 35.1 Å². The maximum absolute atomic E-state index is 12.6. The second kappa shape index (κ2) is 8.15. The number of anilines is 1. The van der Waals surface area contributed by atoms with Gasteiger partial charge in [-0.05, 0) is 69.0 Å². The lowest BCUT2D eigenvalue weighted by Gasteiger charge is -2.18. The van der Waals surface area contributed by atoms with Crippen LogP contribution in [0.2, 0.25) is 0 Å². The van der Waals surface area contributed by atoms with Gasteiger partial charge in [0.05, 0.1) is 11.6 Å². The molecule has 1 aliphatic rings. The molecule has 1 aliphatic heterocycles. The molecular formula is C23H28N2O3. The van der Waals surface area contributed by atoms with Gasteiger partial charge in [0, 0.05) is 24.2 Å². The van der Waals surface area contributed by atoms with Crippen LogP contribution in [0.3, 0.4) is 0 Å². The molecule has 2 aromatic rings. The number of aliphatic hydroxyl groups is 1. The number of amides is 2. The molecule has 1 atom stereocenters. The number of nitrogens with zero attached hydrogens (tertiary/aromatic N) is 1. The number of carbonyl (C=O) groups excluding carboxylic acids is 2. The van der Waals surface area contributed by atoms with Gasteiger partial charge in [0.2, 0.25) is 5.91 Å². The van der Waals surface area contributed by atoms with E-state index >= 15 is 0 Å². The van der Waals surface area contributed by atoms with Crippen molar-refractivity contribution < 1.29 is 14.7 Å². The van der Waals surface area contributed by atoms with Crippen LogP contribution in [0.25, 0.3) is 0 Å². The van der Waals surface area contributed by atoms with Crippen LogP contribution in [0.15, 0.2) is 48.5 Å². The Kier molecular flexibility index (Phi) is 5.84. The van der Waals surface area contributed by atoms with Gasteiger partial charge >= 0.3 is 0 Å². The highest BCUT2D eigenvalue weighted by Crippen LogP contribution is 2.23. The number of hydrogen-bond acceptors (Lipinski definition) is 3. The SMILES string of the molecule is Cc1cccc(N2C[C@@H](NC(=O)c3ccc(CCC(C)(C)O)cc3)CC2=O)c1. The molecule has 0 unspecified atom stereocenters. The molecule has 0 spiro atoms. The molecule has 5 heteroatoms. The molecule has 1 heterocycles. The highest BCUT2D eigenvalue weighted by Gasteiger charge is 2.31. The second-order valence-corrected chi connectivity index (χ2v) is 8.23. The monoisotopic (exact) mass is 380 g/mol. The Balaban J connectivity index is 1.58. The van der Waals surface area contributed by atoms with Crippen molar-refractivity contribution in [3.63, 3.8) is 0 Å². The summed E-state index contributed by atoms with van der Waals surface area (Å²) in [5.41, 5.74) is 2.93. The number of carbonyl (C=O) groups is 2. The van der Waals surface area contributed by atoms with Crippen molar-refractivity contribution in [2.45, 2.75) is 51.7 Å². The first-order valence-electron chi connectivity index (χ1n) is 9.70. The van der Waals surface area contributed by atoms with E-state index in [2.05, 4.69) is 5.32 Å². The van der Waals surface area contributed by atoms with Crippen molar-refractivity contribution in [2.24, 2.45) is 0 Å². The second-order valence-electron chi connectivity index (χ2n) is 8.23. The molecule has 1 fully saturated rings. The Morgan fingerprint density at radius 3 is 2.57 bits per heavy atom. The van der Waals surface area contributed by atoms with Crippen molar-refractivity contribution in [2.75, 3.05) is 11.4 Å². The number of hydrogen-bond donors (Lipinski definition) is 2. The summed E-state index contributed by atoms with van der Waals surface area (Å²) in [4.78, 5) is 26.7. The molecule has 1 saturated heterocycles. The fourth-order valence-electron chi connectivity index (χ4n) is 3.39. The van der Waals surface area contributed by atoms with Gasteiger partial charge in [-0.25, -0.2) is 0 Å². The standard InChI is InChI=1S/C23H28N2O3/c1-16-5-4-6-20(13-16)25-15-19(14-21(25)26)24-22(27)18-9-7-17(8-10-18)11-12-23(2,3)28/h4-10,13,19,28H,11-12,14-15H2,1-3H3,(H,24,27)/t19-/m0/s1. The first kappa shape index (κ1) is 20.1. The molecule has 2 amide bonds. The van der Waals surface area contributed by atoms with E-state index in [4.69, 9.17) is 0 Å². The smallest absolute Gasteiger partial charge is 0.251 e. The molecule has 0 aromatic heterocycles. The average molecular weight is 380 g/mol. The summed E-state index contributed by atoms with van der Waals surface area (Å²) in [6, 6.07) is 15.1. The molecular weight excluding hydrogens is 352 g/mol. The van der Waals surface area contributed by atoms with E-state index in [1.165, 1.54) is 0 Å². The van der Waals surface area contributed by atoms with Crippen LogP contribution < -0.4 is 10.2 Å². The highest BCUT2D eigenvalue weighted by molar-refractivity contribution is 5.99. The van der Waals surface area contributed by atoms with Gasteiger partial charge < -0.3 is 15.3 Å². The zero-order chi connectivity index (χ0) is 20.3. The lowest BCUT2D eigenvalue weighted by atomic mass is 9.98. The molecule has 0 bridgehead atoms. The van der Waals surface area contributed by atoms with E-state index in [9.17, 15) is 14.7 Å². The zero-order valence-corrected chi connectivity index (χ0v) is 16.7. The van der Waals surface area contributed by atoms with E-state index in [1.807, 2.05) is 43.3 Å². The van der Waals surface area contributed by atoms with Crippen LogP contribution in [-0.2, 0) is 11.2 Å². The fraction of sp³-hybridized carbons (Fsp3) is 0.391. The first-order chi connectivity index (χ1) is 13.2. The first-order valence-corrected chi connectivity index (χ1v) is 9.70. The topological polar surface area (TPSA) is 69.6 Å². The Morgan fingerprint density at radius 2 is 1.93 bits per heavy atom. The van der Waals surface area contributed by atoms with Gasteiger partial charge in [0.25, 0.3) is 5.91 Å². The molecule has 5 nitrogen and oxygen atoms in total. The van der Waals surface area contributed by atoms with Gasteiger partial charge in [-0.15, -0.1) is 0 Å². The molecule has 2 N–H and O–H groups in total. The molecule has 0 saturated carbocycles. The lowest BCUT2D eigenvalue weighted by Crippen LogP contribution is -2.37. The summed E-state index contributed by atoms with van der Waals surface area (Å²) in [5, 5.41) is 12.8. The normalized spacial score (nSPS) is 17.1. The van der Waals surface area contributed by atoms with Crippen molar-refractivity contribution in [3.05, 3.63) is 65.2 Å². The lowest BCUT2D eigenvalue weighted by molar-refractivity contribution is -0.117. The summed E-state index contributed by atoms with van der Waals surface area (Å²) < 4.78 is 0. The van der Waals surface area contributed by atoms with Gasteiger partial charge in [-0.2, -0.15) is 0 Å². The Hall–Kier alpha value is -2.66. The van der Waals surface area contributed by atoms with Crippen LogP contribution in [0, 0.1) is 6.92 Å². The summed E-state index contributed by atoms with van der Waals surface area (Å²) in [6.07, 6.45) is 1.73. The van der Waals surface area contributed by atoms with Crippen LogP contribution >= 0.6 is 0 Å². The summed E-state index contributed by atoms with van der Waals surface area (Å²) in [7, 11) is 0.